The molecule has 0 fully saturated rings. The van der Waals surface area contributed by atoms with E-state index >= 15 is 0 Å². The SMILES string of the molecule is O=c1[nH]ncc(N2CCc3nn(Cc4ccc(F)cc4C(F)(F)F)cc3C2)c1Cl. The van der Waals surface area contributed by atoms with Gasteiger partial charge in [-0.15, -0.1) is 0 Å². The fourth-order valence-electron chi connectivity index (χ4n) is 3.38. The Bertz CT molecular complexity index is 1120. The largest absolute Gasteiger partial charge is 0.416 e. The van der Waals surface area contributed by atoms with Gasteiger partial charge in [0.2, 0.25) is 0 Å². The number of aromatic nitrogens is 4. The number of benzene rings is 1. The molecule has 1 aliphatic heterocycles. The fourth-order valence-corrected chi connectivity index (χ4v) is 3.59. The van der Waals surface area contributed by atoms with E-state index in [1.807, 2.05) is 4.90 Å². The van der Waals surface area contributed by atoms with Crippen LogP contribution in [0.15, 0.2) is 35.4 Å². The number of hydrogen-bond donors (Lipinski definition) is 1. The highest BCUT2D eigenvalue weighted by Gasteiger charge is 2.34. The summed E-state index contributed by atoms with van der Waals surface area (Å²) >= 11 is 6.06. The number of alkyl halides is 3. The summed E-state index contributed by atoms with van der Waals surface area (Å²) in [4.78, 5) is 13.5. The second-order valence-corrected chi connectivity index (χ2v) is 7.05. The summed E-state index contributed by atoms with van der Waals surface area (Å²) in [5, 5.41) is 10.4. The van der Waals surface area contributed by atoms with Gasteiger partial charge in [-0.1, -0.05) is 17.7 Å². The second-order valence-electron chi connectivity index (χ2n) is 6.67. The van der Waals surface area contributed by atoms with Crippen LogP contribution in [0.2, 0.25) is 5.02 Å². The number of H-pyrrole nitrogens is 1. The van der Waals surface area contributed by atoms with Gasteiger partial charge in [0.25, 0.3) is 5.56 Å². The highest BCUT2D eigenvalue weighted by molar-refractivity contribution is 6.32. The maximum absolute atomic E-state index is 13.3. The van der Waals surface area contributed by atoms with Gasteiger partial charge >= 0.3 is 6.18 Å². The number of anilines is 1. The smallest absolute Gasteiger partial charge is 0.364 e. The summed E-state index contributed by atoms with van der Waals surface area (Å²) in [5.41, 5.74) is 0.453. The van der Waals surface area contributed by atoms with Crippen molar-refractivity contribution in [3.8, 4) is 0 Å². The molecule has 1 aromatic carbocycles. The molecule has 6 nitrogen and oxygen atoms in total. The molecule has 152 valence electrons. The predicted octanol–water partition coefficient (Wildman–Crippen LogP) is 3.39. The van der Waals surface area contributed by atoms with Gasteiger partial charge in [0.1, 0.15) is 10.8 Å². The first-order chi connectivity index (χ1) is 13.7. The van der Waals surface area contributed by atoms with Crippen molar-refractivity contribution in [1.82, 2.24) is 20.0 Å². The first-order valence-electron chi connectivity index (χ1n) is 8.61. The summed E-state index contributed by atoms with van der Waals surface area (Å²) in [6.07, 6.45) is -1.03. The van der Waals surface area contributed by atoms with E-state index in [4.69, 9.17) is 11.6 Å². The third-order valence-corrected chi connectivity index (χ3v) is 5.10. The molecule has 4 rings (SSSR count). The van der Waals surface area contributed by atoms with Crippen molar-refractivity contribution < 1.29 is 17.6 Å². The van der Waals surface area contributed by atoms with E-state index in [1.165, 1.54) is 10.9 Å². The molecular weight excluding hydrogens is 414 g/mol. The number of nitrogens with one attached hydrogen (secondary N) is 1. The van der Waals surface area contributed by atoms with Crippen LogP contribution >= 0.6 is 11.6 Å². The van der Waals surface area contributed by atoms with Crippen molar-refractivity contribution >= 4 is 17.3 Å². The molecule has 3 heterocycles. The van der Waals surface area contributed by atoms with Crippen LogP contribution in [0.4, 0.5) is 23.2 Å². The zero-order valence-electron chi connectivity index (χ0n) is 14.8. The van der Waals surface area contributed by atoms with Gasteiger partial charge < -0.3 is 4.90 Å². The van der Waals surface area contributed by atoms with Crippen LogP contribution in [0, 0.1) is 5.82 Å². The van der Waals surface area contributed by atoms with Gasteiger partial charge in [-0.25, -0.2) is 9.49 Å². The van der Waals surface area contributed by atoms with Gasteiger partial charge in [-0.05, 0) is 17.7 Å². The second kappa shape index (κ2) is 7.18. The Morgan fingerprint density at radius 1 is 1.28 bits per heavy atom. The van der Waals surface area contributed by atoms with Crippen molar-refractivity contribution in [2.24, 2.45) is 0 Å². The van der Waals surface area contributed by atoms with E-state index in [0.717, 1.165) is 23.4 Å². The summed E-state index contributed by atoms with van der Waals surface area (Å²) in [7, 11) is 0. The molecule has 0 aliphatic carbocycles. The topological polar surface area (TPSA) is 66.8 Å². The van der Waals surface area contributed by atoms with Gasteiger partial charge in [-0.2, -0.15) is 23.4 Å². The standard InChI is InChI=1S/C18H14ClF4N5O/c19-16-15(6-24-25-17(16)29)27-4-3-14-11(7-27)9-28(26-14)8-10-1-2-12(20)5-13(10)18(21,22)23/h1-2,5-6,9H,3-4,7-8H2,(H,25,29). The van der Waals surface area contributed by atoms with E-state index in [2.05, 4.69) is 15.3 Å². The Morgan fingerprint density at radius 2 is 2.07 bits per heavy atom. The lowest BCUT2D eigenvalue weighted by molar-refractivity contribution is -0.138. The Morgan fingerprint density at radius 3 is 2.83 bits per heavy atom. The normalized spacial score (nSPS) is 14.2. The summed E-state index contributed by atoms with van der Waals surface area (Å²) < 4.78 is 54.4. The average molecular weight is 428 g/mol. The van der Waals surface area contributed by atoms with Gasteiger partial charge in [0, 0.05) is 31.3 Å². The van der Waals surface area contributed by atoms with Crippen LogP contribution in [-0.2, 0) is 25.7 Å². The molecule has 0 saturated heterocycles. The number of aromatic amines is 1. The number of nitrogens with zero attached hydrogens (tertiary/aromatic N) is 4. The van der Waals surface area contributed by atoms with Crippen LogP contribution in [0.5, 0.6) is 0 Å². The van der Waals surface area contributed by atoms with E-state index < -0.39 is 23.1 Å². The summed E-state index contributed by atoms with van der Waals surface area (Å²) in [5.74, 6) is -0.945. The Kier molecular flexibility index (Phi) is 4.81. The minimum atomic E-state index is -4.66. The Labute approximate surface area is 166 Å². The van der Waals surface area contributed by atoms with E-state index in [-0.39, 0.29) is 17.1 Å². The summed E-state index contributed by atoms with van der Waals surface area (Å²) in [6, 6.07) is 2.60. The zero-order valence-corrected chi connectivity index (χ0v) is 15.6. The fraction of sp³-hybridized carbons (Fsp3) is 0.278. The number of fused-ring (bicyclic) bond motifs is 1. The van der Waals surface area contributed by atoms with Crippen molar-refractivity contribution in [2.75, 3.05) is 11.4 Å². The monoisotopic (exact) mass is 427 g/mol. The molecule has 0 unspecified atom stereocenters. The molecule has 0 atom stereocenters. The van der Waals surface area contributed by atoms with Crippen molar-refractivity contribution in [1.29, 1.82) is 0 Å². The number of rotatable bonds is 3. The van der Waals surface area contributed by atoms with Gasteiger partial charge in [0.05, 0.1) is 29.7 Å². The number of halogens is 5. The molecular formula is C18H14ClF4N5O. The van der Waals surface area contributed by atoms with E-state index in [0.29, 0.717) is 31.3 Å². The van der Waals surface area contributed by atoms with Crippen molar-refractivity contribution in [2.45, 2.75) is 25.7 Å². The average Bonchev–Trinajstić information content (AvgIpc) is 3.06. The molecule has 0 saturated carbocycles. The molecule has 1 N–H and O–H groups in total. The maximum Gasteiger partial charge on any atom is 0.416 e. The lowest BCUT2D eigenvalue weighted by Crippen LogP contribution is -2.31. The molecule has 0 spiro atoms. The number of hydrogen-bond acceptors (Lipinski definition) is 4. The molecule has 3 aromatic rings. The van der Waals surface area contributed by atoms with E-state index in [9.17, 15) is 22.4 Å². The summed E-state index contributed by atoms with van der Waals surface area (Å²) in [6.45, 7) is 0.768. The van der Waals surface area contributed by atoms with Crippen molar-refractivity contribution in [3.63, 3.8) is 0 Å². The lowest BCUT2D eigenvalue weighted by atomic mass is 10.1. The lowest BCUT2D eigenvalue weighted by Gasteiger charge is -2.28. The van der Waals surface area contributed by atoms with Crippen LogP contribution in [0.1, 0.15) is 22.4 Å². The van der Waals surface area contributed by atoms with Crippen molar-refractivity contribution in [3.05, 3.63) is 74.2 Å². The highest BCUT2D eigenvalue weighted by Crippen LogP contribution is 2.33. The highest BCUT2D eigenvalue weighted by atomic mass is 35.5. The molecule has 0 bridgehead atoms. The van der Waals surface area contributed by atoms with Gasteiger partial charge in [-0.3, -0.25) is 9.48 Å². The quantitative estimate of drug-likeness (QED) is 0.651. The molecule has 29 heavy (non-hydrogen) atoms. The first kappa shape index (κ1) is 19.4. The molecule has 11 heteroatoms. The van der Waals surface area contributed by atoms with Crippen LogP contribution < -0.4 is 10.5 Å². The van der Waals surface area contributed by atoms with Crippen LogP contribution in [0.25, 0.3) is 0 Å². The van der Waals surface area contributed by atoms with Gasteiger partial charge in [0.15, 0.2) is 0 Å². The maximum atomic E-state index is 13.3. The van der Waals surface area contributed by atoms with Crippen LogP contribution in [-0.4, -0.2) is 26.5 Å². The molecule has 0 radical (unpaired) electrons. The third kappa shape index (κ3) is 3.84. The Balaban J connectivity index is 1.60. The zero-order chi connectivity index (χ0) is 20.8. The minimum absolute atomic E-state index is 0.0250. The van der Waals surface area contributed by atoms with E-state index in [1.54, 1.807) is 6.20 Å². The molecule has 2 aromatic heterocycles. The minimum Gasteiger partial charge on any atom is -0.364 e. The Hall–Kier alpha value is -2.88. The molecule has 0 amide bonds. The molecule has 1 aliphatic rings. The third-order valence-electron chi connectivity index (χ3n) is 4.73. The van der Waals surface area contributed by atoms with Crippen LogP contribution in [0.3, 0.4) is 0 Å². The predicted molar refractivity (Wildman–Crippen MR) is 97.4 cm³/mol. The first-order valence-corrected chi connectivity index (χ1v) is 8.99.